The molecule has 0 aromatic carbocycles. The minimum atomic E-state index is -3.00. The summed E-state index contributed by atoms with van der Waals surface area (Å²) in [6.07, 6.45) is 4.42. The number of carbonyl (C=O) groups is 2. The molecule has 1 saturated carbocycles. The average Bonchev–Trinajstić information content (AvgIpc) is 3.23. The maximum Gasteiger partial charge on any atom is 0.226 e. The molecule has 7 heteroatoms. The van der Waals surface area contributed by atoms with Gasteiger partial charge in [0, 0.05) is 26.2 Å². The van der Waals surface area contributed by atoms with Crippen molar-refractivity contribution >= 4 is 21.7 Å². The number of amides is 2. The second-order valence-corrected chi connectivity index (χ2v) is 9.07. The fraction of sp³-hybridized carbons (Fsp3) is 0.867. The standard InChI is InChI=1S/C15H24N2O4S/c1-16(11-5-8-22(20,21)10-11)14(18)12-9-13(12)15(19)17-6-3-2-4-7-17/h11-13H,2-10H2,1H3. The minimum absolute atomic E-state index is 0.0579. The maximum absolute atomic E-state index is 12.5. The molecule has 0 bridgehead atoms. The van der Waals surface area contributed by atoms with E-state index in [-0.39, 0.29) is 41.2 Å². The number of nitrogens with zero attached hydrogens (tertiary/aromatic N) is 2. The average molecular weight is 328 g/mol. The molecular formula is C15H24N2O4S. The van der Waals surface area contributed by atoms with Crippen LogP contribution in [0.4, 0.5) is 0 Å². The van der Waals surface area contributed by atoms with Gasteiger partial charge >= 0.3 is 0 Å². The van der Waals surface area contributed by atoms with Crippen LogP contribution in [0.1, 0.15) is 32.1 Å². The van der Waals surface area contributed by atoms with Gasteiger partial charge in [-0.1, -0.05) is 0 Å². The van der Waals surface area contributed by atoms with Crippen LogP contribution in [-0.2, 0) is 19.4 Å². The second-order valence-electron chi connectivity index (χ2n) is 6.84. The Morgan fingerprint density at radius 3 is 2.36 bits per heavy atom. The van der Waals surface area contributed by atoms with Crippen LogP contribution in [0.5, 0.6) is 0 Å². The van der Waals surface area contributed by atoms with E-state index in [0.29, 0.717) is 12.8 Å². The summed E-state index contributed by atoms with van der Waals surface area (Å²) in [6, 6.07) is -0.219. The van der Waals surface area contributed by atoms with E-state index in [2.05, 4.69) is 0 Å². The molecule has 22 heavy (non-hydrogen) atoms. The lowest BCUT2D eigenvalue weighted by molar-refractivity contribution is -0.138. The van der Waals surface area contributed by atoms with Crippen LogP contribution in [-0.4, -0.2) is 67.7 Å². The summed E-state index contributed by atoms with van der Waals surface area (Å²) in [5.41, 5.74) is 0. The zero-order chi connectivity index (χ0) is 15.9. The largest absolute Gasteiger partial charge is 0.342 e. The SMILES string of the molecule is CN(C(=O)C1CC1C(=O)N1CCCCC1)C1CCS(=O)(=O)C1. The number of piperidine rings is 1. The van der Waals surface area contributed by atoms with Crippen molar-refractivity contribution < 1.29 is 18.0 Å². The highest BCUT2D eigenvalue weighted by atomic mass is 32.2. The van der Waals surface area contributed by atoms with Crippen molar-refractivity contribution in [2.24, 2.45) is 11.8 Å². The molecule has 2 amide bonds. The van der Waals surface area contributed by atoms with Crippen molar-refractivity contribution in [3.63, 3.8) is 0 Å². The van der Waals surface area contributed by atoms with Crippen molar-refractivity contribution in [3.05, 3.63) is 0 Å². The van der Waals surface area contributed by atoms with Gasteiger partial charge in [0.1, 0.15) is 0 Å². The summed E-state index contributed by atoms with van der Waals surface area (Å²) >= 11 is 0. The first-order chi connectivity index (χ1) is 10.4. The number of sulfone groups is 1. The first kappa shape index (κ1) is 15.8. The van der Waals surface area contributed by atoms with E-state index in [9.17, 15) is 18.0 Å². The van der Waals surface area contributed by atoms with E-state index in [1.54, 1.807) is 11.9 Å². The fourth-order valence-electron chi connectivity index (χ4n) is 3.61. The Hall–Kier alpha value is -1.11. The number of likely N-dealkylation sites (tertiary alicyclic amines) is 1. The number of carbonyl (C=O) groups excluding carboxylic acids is 2. The molecule has 0 N–H and O–H groups in total. The zero-order valence-electron chi connectivity index (χ0n) is 13.0. The molecule has 0 spiro atoms. The van der Waals surface area contributed by atoms with Gasteiger partial charge in [0.05, 0.1) is 23.3 Å². The molecule has 1 aliphatic carbocycles. The molecular weight excluding hydrogens is 304 g/mol. The number of rotatable bonds is 3. The number of hydrogen-bond donors (Lipinski definition) is 0. The molecule has 0 aromatic rings. The molecule has 0 aromatic heterocycles. The van der Waals surface area contributed by atoms with E-state index in [1.807, 2.05) is 4.90 Å². The van der Waals surface area contributed by atoms with Crippen LogP contribution in [0.3, 0.4) is 0 Å². The Labute approximate surface area is 131 Å². The van der Waals surface area contributed by atoms with E-state index in [4.69, 9.17) is 0 Å². The van der Waals surface area contributed by atoms with Gasteiger partial charge in [-0.15, -0.1) is 0 Å². The Morgan fingerprint density at radius 1 is 1.09 bits per heavy atom. The third-order valence-corrected chi connectivity index (χ3v) is 6.95. The van der Waals surface area contributed by atoms with Gasteiger partial charge in [-0.05, 0) is 32.1 Å². The van der Waals surface area contributed by atoms with Crippen LogP contribution in [0.25, 0.3) is 0 Å². The van der Waals surface area contributed by atoms with Gasteiger partial charge in [-0.3, -0.25) is 9.59 Å². The predicted molar refractivity (Wildman–Crippen MR) is 81.9 cm³/mol. The summed E-state index contributed by atoms with van der Waals surface area (Å²) in [5, 5.41) is 0. The van der Waals surface area contributed by atoms with Gasteiger partial charge in [0.25, 0.3) is 0 Å². The second kappa shape index (κ2) is 5.83. The third kappa shape index (κ3) is 3.14. The highest BCUT2D eigenvalue weighted by Crippen LogP contribution is 2.42. The lowest BCUT2D eigenvalue weighted by Crippen LogP contribution is -2.41. The van der Waals surface area contributed by atoms with E-state index < -0.39 is 9.84 Å². The Balaban J connectivity index is 1.55. The molecule has 2 aliphatic heterocycles. The summed E-state index contributed by atoms with van der Waals surface area (Å²) < 4.78 is 23.1. The van der Waals surface area contributed by atoms with Gasteiger partial charge in [0.15, 0.2) is 9.84 Å². The van der Waals surface area contributed by atoms with E-state index in [0.717, 1.165) is 25.9 Å². The van der Waals surface area contributed by atoms with E-state index in [1.165, 1.54) is 6.42 Å². The smallest absolute Gasteiger partial charge is 0.226 e. The van der Waals surface area contributed by atoms with Crippen molar-refractivity contribution in [3.8, 4) is 0 Å². The summed E-state index contributed by atoms with van der Waals surface area (Å²) in [7, 11) is -1.32. The number of hydrogen-bond acceptors (Lipinski definition) is 4. The molecule has 3 aliphatic rings. The fourth-order valence-corrected chi connectivity index (χ4v) is 5.39. The zero-order valence-corrected chi connectivity index (χ0v) is 13.8. The molecule has 3 fully saturated rings. The lowest BCUT2D eigenvalue weighted by atomic mass is 10.1. The normalized spacial score (nSPS) is 33.5. The third-order valence-electron chi connectivity index (χ3n) is 5.20. The first-order valence-corrected chi connectivity index (χ1v) is 9.97. The van der Waals surface area contributed by atoms with E-state index >= 15 is 0 Å². The Kier molecular flexibility index (Phi) is 4.18. The molecule has 3 unspecified atom stereocenters. The topological polar surface area (TPSA) is 74.8 Å². The Bertz CT molecular complexity index is 568. The van der Waals surface area contributed by atoms with Crippen LogP contribution >= 0.6 is 0 Å². The molecule has 6 nitrogen and oxygen atoms in total. The first-order valence-electron chi connectivity index (χ1n) is 8.15. The summed E-state index contributed by atoms with van der Waals surface area (Å²) in [4.78, 5) is 28.3. The minimum Gasteiger partial charge on any atom is -0.342 e. The van der Waals surface area contributed by atoms with Crippen LogP contribution in [0.2, 0.25) is 0 Å². The quantitative estimate of drug-likeness (QED) is 0.746. The highest BCUT2D eigenvalue weighted by Gasteiger charge is 2.51. The maximum atomic E-state index is 12.5. The molecule has 2 saturated heterocycles. The lowest BCUT2D eigenvalue weighted by Gasteiger charge is -2.27. The van der Waals surface area contributed by atoms with Gasteiger partial charge < -0.3 is 9.80 Å². The monoisotopic (exact) mass is 328 g/mol. The van der Waals surface area contributed by atoms with Gasteiger partial charge in [-0.2, -0.15) is 0 Å². The van der Waals surface area contributed by atoms with Crippen LogP contribution < -0.4 is 0 Å². The van der Waals surface area contributed by atoms with Crippen LogP contribution in [0, 0.1) is 11.8 Å². The Morgan fingerprint density at radius 2 is 1.77 bits per heavy atom. The molecule has 124 valence electrons. The van der Waals surface area contributed by atoms with Crippen molar-refractivity contribution in [1.82, 2.24) is 9.80 Å². The van der Waals surface area contributed by atoms with Crippen molar-refractivity contribution in [2.45, 2.75) is 38.1 Å². The predicted octanol–water partition coefficient (Wildman–Crippen LogP) is 0.281. The van der Waals surface area contributed by atoms with Crippen LogP contribution in [0.15, 0.2) is 0 Å². The van der Waals surface area contributed by atoms with Gasteiger partial charge in [0.2, 0.25) is 11.8 Å². The van der Waals surface area contributed by atoms with Crippen molar-refractivity contribution in [1.29, 1.82) is 0 Å². The summed E-state index contributed by atoms with van der Waals surface area (Å²) in [5.74, 6) is -0.125. The molecule has 2 heterocycles. The molecule has 3 rings (SSSR count). The molecule has 3 atom stereocenters. The highest BCUT2D eigenvalue weighted by molar-refractivity contribution is 7.91. The van der Waals surface area contributed by atoms with Crippen molar-refractivity contribution in [2.75, 3.05) is 31.6 Å². The van der Waals surface area contributed by atoms with Gasteiger partial charge in [-0.25, -0.2) is 8.42 Å². The summed E-state index contributed by atoms with van der Waals surface area (Å²) in [6.45, 7) is 1.62. The molecule has 0 radical (unpaired) electrons.